The zero-order valence-electron chi connectivity index (χ0n) is 13.7. The zero-order chi connectivity index (χ0) is 17.1. The minimum Gasteiger partial charge on any atom is -0.462 e. The van der Waals surface area contributed by atoms with Crippen molar-refractivity contribution >= 4 is 23.3 Å². The van der Waals surface area contributed by atoms with Crippen molar-refractivity contribution in [3.8, 4) is 0 Å². The summed E-state index contributed by atoms with van der Waals surface area (Å²) in [7, 11) is 0. The predicted octanol–water partition coefficient (Wildman–Crippen LogP) is 4.97. The lowest BCUT2D eigenvalue weighted by molar-refractivity contribution is -0.136. The third-order valence-electron chi connectivity index (χ3n) is 4.34. The van der Waals surface area contributed by atoms with Crippen LogP contribution in [0.1, 0.15) is 38.2 Å². The Morgan fingerprint density at radius 3 is 2.38 bits per heavy atom. The third-order valence-corrected chi connectivity index (χ3v) is 5.69. The number of hydrogen-bond donors (Lipinski definition) is 0. The van der Waals surface area contributed by atoms with Crippen molar-refractivity contribution in [1.29, 1.82) is 0 Å². The number of halogens is 2. The van der Waals surface area contributed by atoms with E-state index in [9.17, 15) is 13.6 Å². The van der Waals surface area contributed by atoms with Crippen LogP contribution < -0.4 is 0 Å². The van der Waals surface area contributed by atoms with Crippen molar-refractivity contribution in [2.45, 2.75) is 55.1 Å². The van der Waals surface area contributed by atoms with Gasteiger partial charge in [-0.2, -0.15) is 0 Å². The number of carbonyl (C=O) groups is 1. The second kappa shape index (κ2) is 7.68. The fraction of sp³-hybridized carbons (Fsp3) is 0.526. The molecule has 2 nitrogen and oxygen atoms in total. The van der Waals surface area contributed by atoms with Crippen LogP contribution in [0, 0.1) is 5.92 Å². The Bertz CT molecular complexity index is 600. The molecule has 2 fully saturated rings. The Balaban J connectivity index is 1.79. The van der Waals surface area contributed by atoms with Crippen molar-refractivity contribution in [1.82, 2.24) is 0 Å². The molecule has 3 rings (SSSR count). The maximum atomic E-state index is 13.4. The summed E-state index contributed by atoms with van der Waals surface area (Å²) in [5, 5.41) is 0.720. The second-order valence-corrected chi connectivity index (χ2v) is 7.78. The molecule has 0 saturated heterocycles. The average Bonchev–Trinajstić information content (AvgIpc) is 3.31. The van der Waals surface area contributed by atoms with E-state index in [2.05, 4.69) is 0 Å². The molecule has 0 bridgehead atoms. The smallest absolute Gasteiger partial charge is 0.338 e. The van der Waals surface area contributed by atoms with Gasteiger partial charge in [-0.1, -0.05) is 18.2 Å². The first-order valence-corrected chi connectivity index (χ1v) is 9.39. The highest BCUT2D eigenvalue weighted by molar-refractivity contribution is 8.00. The van der Waals surface area contributed by atoms with Crippen LogP contribution in [0.15, 0.2) is 35.2 Å². The normalized spacial score (nSPS) is 27.3. The lowest BCUT2D eigenvalue weighted by Crippen LogP contribution is -2.08. The van der Waals surface area contributed by atoms with Crippen LogP contribution in [0.2, 0.25) is 0 Å². The van der Waals surface area contributed by atoms with Gasteiger partial charge >= 0.3 is 5.97 Å². The molecule has 1 aromatic rings. The van der Waals surface area contributed by atoms with Gasteiger partial charge in [0.25, 0.3) is 0 Å². The van der Waals surface area contributed by atoms with Crippen molar-refractivity contribution in [3.05, 3.63) is 35.9 Å². The van der Waals surface area contributed by atoms with Crippen LogP contribution in [-0.4, -0.2) is 30.2 Å². The molecule has 3 atom stereocenters. The quantitative estimate of drug-likeness (QED) is 0.534. The lowest BCUT2D eigenvalue weighted by atomic mass is 9.98. The predicted molar refractivity (Wildman–Crippen MR) is 92.4 cm³/mol. The number of benzene rings is 1. The summed E-state index contributed by atoms with van der Waals surface area (Å²) in [6, 6.07) is 7.77. The molecule has 130 valence electrons. The van der Waals surface area contributed by atoms with Crippen LogP contribution in [0.25, 0.3) is 5.57 Å². The van der Waals surface area contributed by atoms with E-state index < -0.39 is 18.3 Å². The summed E-state index contributed by atoms with van der Waals surface area (Å²) in [5.74, 6) is -0.701. The molecular weight excluding hydrogens is 330 g/mol. The molecule has 0 radical (unpaired) electrons. The van der Waals surface area contributed by atoms with Crippen molar-refractivity contribution in [3.63, 3.8) is 0 Å². The van der Waals surface area contributed by atoms with Crippen LogP contribution in [-0.2, 0) is 9.53 Å². The molecule has 0 spiro atoms. The molecule has 24 heavy (non-hydrogen) atoms. The maximum absolute atomic E-state index is 13.4. The minimum absolute atomic E-state index is 0.125. The number of allylic oxidation sites excluding steroid dienone is 1. The highest BCUT2D eigenvalue weighted by Gasteiger charge is 2.34. The van der Waals surface area contributed by atoms with E-state index in [4.69, 9.17) is 4.74 Å². The van der Waals surface area contributed by atoms with Crippen LogP contribution in [0.4, 0.5) is 8.78 Å². The first-order chi connectivity index (χ1) is 11.6. The fourth-order valence-electron chi connectivity index (χ4n) is 2.92. The van der Waals surface area contributed by atoms with Gasteiger partial charge in [-0.3, -0.25) is 0 Å². The molecule has 1 aromatic carbocycles. The fourth-order valence-corrected chi connectivity index (χ4v) is 3.97. The number of thioether (sulfide) groups is 1. The Hall–Kier alpha value is -1.36. The highest BCUT2D eigenvalue weighted by Crippen LogP contribution is 2.39. The second-order valence-electron chi connectivity index (χ2n) is 6.41. The van der Waals surface area contributed by atoms with Gasteiger partial charge in [0, 0.05) is 10.1 Å². The van der Waals surface area contributed by atoms with E-state index in [1.54, 1.807) is 13.0 Å². The van der Waals surface area contributed by atoms with E-state index in [0.29, 0.717) is 5.57 Å². The SMILES string of the molecule is CCOC(=O)/C(=C\[C@H]1C[C@@H](F)[C@@H](F)C1)c1ccc(SC2CC2)cc1. The molecular formula is C19H22F2O2S. The zero-order valence-corrected chi connectivity index (χ0v) is 14.5. The van der Waals surface area contributed by atoms with Crippen molar-refractivity contribution in [2.24, 2.45) is 5.92 Å². The first-order valence-electron chi connectivity index (χ1n) is 8.51. The van der Waals surface area contributed by atoms with E-state index in [-0.39, 0.29) is 25.4 Å². The summed E-state index contributed by atoms with van der Waals surface area (Å²) >= 11 is 1.85. The van der Waals surface area contributed by atoms with Gasteiger partial charge in [0.1, 0.15) is 12.3 Å². The minimum atomic E-state index is -1.44. The molecule has 2 aliphatic rings. The number of alkyl halides is 2. The molecule has 0 unspecified atom stereocenters. The number of rotatable bonds is 6. The van der Waals surface area contributed by atoms with Crippen LogP contribution in [0.3, 0.4) is 0 Å². The standard InChI is InChI=1S/C19H22F2O2S/c1-2-23-19(22)16(9-12-10-17(20)18(21)11-12)13-3-5-14(6-4-13)24-15-7-8-15/h3-6,9,12,15,17-18H,2,7-8,10-11H2,1H3/b16-9-/t12-,17+,18-. The van der Waals surface area contributed by atoms with E-state index >= 15 is 0 Å². The Morgan fingerprint density at radius 1 is 1.21 bits per heavy atom. The molecule has 0 aliphatic heterocycles. The Morgan fingerprint density at radius 2 is 1.83 bits per heavy atom. The molecule has 0 N–H and O–H groups in total. The van der Waals surface area contributed by atoms with Crippen molar-refractivity contribution in [2.75, 3.05) is 6.61 Å². The summed E-state index contributed by atoms with van der Waals surface area (Å²) < 4.78 is 32.0. The van der Waals surface area contributed by atoms with Crippen LogP contribution >= 0.6 is 11.8 Å². The van der Waals surface area contributed by atoms with Crippen LogP contribution in [0.5, 0.6) is 0 Å². The molecule has 5 heteroatoms. The summed E-state index contributed by atoms with van der Waals surface area (Å²) in [4.78, 5) is 13.5. The monoisotopic (exact) mass is 352 g/mol. The van der Waals surface area contributed by atoms with E-state index in [1.165, 1.54) is 17.7 Å². The number of ether oxygens (including phenoxy) is 1. The Labute approximate surface area is 145 Å². The van der Waals surface area contributed by atoms with Crippen molar-refractivity contribution < 1.29 is 18.3 Å². The lowest BCUT2D eigenvalue weighted by Gasteiger charge is -2.11. The van der Waals surface area contributed by atoms with Gasteiger partial charge in [0.05, 0.1) is 12.2 Å². The average molecular weight is 352 g/mol. The Kier molecular flexibility index (Phi) is 5.59. The summed E-state index contributed by atoms with van der Waals surface area (Å²) in [6.45, 7) is 2.02. The van der Waals surface area contributed by atoms with Gasteiger partial charge in [0.15, 0.2) is 0 Å². The van der Waals surface area contributed by atoms with Gasteiger partial charge in [-0.05, 0) is 56.2 Å². The van der Waals surface area contributed by atoms with Gasteiger partial charge < -0.3 is 4.74 Å². The number of hydrogen-bond acceptors (Lipinski definition) is 3. The molecule has 0 amide bonds. The summed E-state index contributed by atoms with van der Waals surface area (Å²) in [6.07, 6.45) is 1.58. The van der Waals surface area contributed by atoms with E-state index in [0.717, 1.165) is 10.8 Å². The molecule has 0 heterocycles. The topological polar surface area (TPSA) is 26.3 Å². The third kappa shape index (κ3) is 4.38. The highest BCUT2D eigenvalue weighted by atomic mass is 32.2. The largest absolute Gasteiger partial charge is 0.462 e. The molecule has 0 aromatic heterocycles. The van der Waals surface area contributed by atoms with Gasteiger partial charge in [-0.25, -0.2) is 13.6 Å². The van der Waals surface area contributed by atoms with E-state index in [1.807, 2.05) is 36.0 Å². The van der Waals surface area contributed by atoms with Gasteiger partial charge in [-0.15, -0.1) is 11.8 Å². The summed E-state index contributed by atoms with van der Waals surface area (Å²) in [5.41, 5.74) is 1.15. The van der Waals surface area contributed by atoms with Gasteiger partial charge in [0.2, 0.25) is 0 Å². The molecule has 2 aliphatic carbocycles. The number of carbonyl (C=O) groups excluding carboxylic acids is 1. The maximum Gasteiger partial charge on any atom is 0.338 e. The first kappa shape index (κ1) is 17.5. The molecule has 2 saturated carbocycles. The number of esters is 1.